The highest BCUT2D eigenvalue weighted by Crippen LogP contribution is 2.25. The summed E-state index contributed by atoms with van der Waals surface area (Å²) in [4.78, 5) is 1.87. The summed E-state index contributed by atoms with van der Waals surface area (Å²) >= 11 is 0. The summed E-state index contributed by atoms with van der Waals surface area (Å²) in [7, 11) is 0. The molecule has 2 fully saturated rings. The molecule has 1 N–H and O–H groups in total. The summed E-state index contributed by atoms with van der Waals surface area (Å²) in [5.74, 6) is 1.50. The molecule has 2 aliphatic heterocycles. The zero-order chi connectivity index (χ0) is 6.97. The Morgan fingerprint density at radius 3 is 2.40 bits per heavy atom. The van der Waals surface area contributed by atoms with Crippen LogP contribution >= 0.6 is 0 Å². The Morgan fingerprint density at radius 1 is 1.30 bits per heavy atom. The van der Waals surface area contributed by atoms with E-state index in [2.05, 4.69) is 11.5 Å². The Labute approximate surface area is 60.6 Å². The van der Waals surface area contributed by atoms with Crippen LogP contribution in [0, 0.1) is 23.3 Å². The minimum atomic E-state index is 0.750. The molecule has 2 saturated heterocycles. The largest absolute Gasteiger partial charge is 0.316 e. The molecule has 3 heteroatoms. The first kappa shape index (κ1) is 5.99. The smallest absolute Gasteiger partial charge is 0.179 e. The van der Waals surface area contributed by atoms with Crippen molar-refractivity contribution in [2.75, 3.05) is 26.2 Å². The van der Waals surface area contributed by atoms with Crippen LogP contribution in [0.1, 0.15) is 0 Å². The molecule has 0 amide bonds. The molecule has 0 radical (unpaired) electrons. The Hall–Kier alpha value is -0.750. The zero-order valence-electron chi connectivity index (χ0n) is 5.88. The van der Waals surface area contributed by atoms with Crippen molar-refractivity contribution in [3.05, 3.63) is 0 Å². The highest BCUT2D eigenvalue weighted by Gasteiger charge is 2.35. The summed E-state index contributed by atoms with van der Waals surface area (Å²) in [5, 5.41) is 11.9. The van der Waals surface area contributed by atoms with Crippen molar-refractivity contribution < 1.29 is 0 Å². The fraction of sp³-hybridized carbons (Fsp3) is 0.857. The van der Waals surface area contributed by atoms with Crippen LogP contribution in [-0.4, -0.2) is 31.1 Å². The second-order valence-corrected chi connectivity index (χ2v) is 3.18. The Morgan fingerprint density at radius 2 is 1.90 bits per heavy atom. The molecule has 0 aromatic carbocycles. The number of hydrogen-bond donors (Lipinski definition) is 1. The Bertz CT molecular complexity index is 160. The van der Waals surface area contributed by atoms with Crippen molar-refractivity contribution >= 4 is 0 Å². The van der Waals surface area contributed by atoms with E-state index in [1.54, 1.807) is 0 Å². The topological polar surface area (TPSA) is 39.1 Å². The standard InChI is InChI=1S/C7H11N3/c8-5-10-3-6-1-9-2-7(6)4-10/h6-7,9H,1-4H2/t6-,7+. The van der Waals surface area contributed by atoms with Gasteiger partial charge in [-0.05, 0) is 11.8 Å². The number of fused-ring (bicyclic) bond motifs is 1. The molecule has 3 nitrogen and oxygen atoms in total. The Balaban J connectivity index is 2.01. The van der Waals surface area contributed by atoms with E-state index in [0.717, 1.165) is 38.0 Å². The molecule has 0 aromatic heterocycles. The van der Waals surface area contributed by atoms with Crippen molar-refractivity contribution in [2.45, 2.75) is 0 Å². The number of likely N-dealkylation sites (tertiary alicyclic amines) is 1. The monoisotopic (exact) mass is 137 g/mol. The summed E-state index contributed by atoms with van der Waals surface area (Å²) in [5.41, 5.74) is 0. The van der Waals surface area contributed by atoms with E-state index >= 15 is 0 Å². The number of hydrogen-bond acceptors (Lipinski definition) is 3. The van der Waals surface area contributed by atoms with Crippen LogP contribution in [0.4, 0.5) is 0 Å². The molecule has 0 saturated carbocycles. The van der Waals surface area contributed by atoms with Gasteiger partial charge in [0.05, 0.1) is 0 Å². The lowest BCUT2D eigenvalue weighted by Crippen LogP contribution is -2.21. The predicted molar refractivity (Wildman–Crippen MR) is 37.0 cm³/mol. The van der Waals surface area contributed by atoms with E-state index in [-0.39, 0.29) is 0 Å². The number of nitrogens with one attached hydrogen (secondary N) is 1. The molecular formula is C7H11N3. The summed E-state index contributed by atoms with van der Waals surface area (Å²) in [6, 6.07) is 0. The van der Waals surface area contributed by atoms with Crippen LogP contribution in [0.15, 0.2) is 0 Å². The van der Waals surface area contributed by atoms with E-state index < -0.39 is 0 Å². The molecule has 2 aliphatic rings. The number of rotatable bonds is 0. The van der Waals surface area contributed by atoms with Gasteiger partial charge < -0.3 is 10.2 Å². The lowest BCUT2D eigenvalue weighted by atomic mass is 10.0. The molecule has 0 spiro atoms. The fourth-order valence-electron chi connectivity index (χ4n) is 1.94. The normalized spacial score (nSPS) is 37.7. The number of nitrogens with zero attached hydrogens (tertiary/aromatic N) is 2. The van der Waals surface area contributed by atoms with Crippen LogP contribution in [0.5, 0.6) is 0 Å². The molecule has 0 aromatic rings. The maximum atomic E-state index is 8.58. The van der Waals surface area contributed by atoms with Crippen molar-refractivity contribution in [3.8, 4) is 6.19 Å². The fourth-order valence-corrected chi connectivity index (χ4v) is 1.94. The third-order valence-corrected chi connectivity index (χ3v) is 2.53. The van der Waals surface area contributed by atoms with Gasteiger partial charge in [-0.15, -0.1) is 0 Å². The zero-order valence-corrected chi connectivity index (χ0v) is 5.88. The maximum Gasteiger partial charge on any atom is 0.179 e. The minimum Gasteiger partial charge on any atom is -0.316 e. The quantitative estimate of drug-likeness (QED) is 0.462. The van der Waals surface area contributed by atoms with Crippen LogP contribution in [0.2, 0.25) is 0 Å². The summed E-state index contributed by atoms with van der Waals surface area (Å²) in [6.07, 6.45) is 2.20. The van der Waals surface area contributed by atoms with Crippen LogP contribution in [-0.2, 0) is 0 Å². The first-order valence-corrected chi connectivity index (χ1v) is 3.75. The average Bonchev–Trinajstić information content (AvgIpc) is 2.42. The van der Waals surface area contributed by atoms with E-state index in [1.807, 2.05) is 4.90 Å². The van der Waals surface area contributed by atoms with E-state index in [0.29, 0.717) is 0 Å². The lowest BCUT2D eigenvalue weighted by molar-refractivity contribution is 0.441. The van der Waals surface area contributed by atoms with Crippen molar-refractivity contribution in [1.82, 2.24) is 10.2 Å². The molecule has 54 valence electrons. The van der Waals surface area contributed by atoms with Gasteiger partial charge in [0.1, 0.15) is 0 Å². The maximum absolute atomic E-state index is 8.58. The molecule has 0 unspecified atom stereocenters. The van der Waals surface area contributed by atoms with Gasteiger partial charge in [-0.3, -0.25) is 0 Å². The molecule has 10 heavy (non-hydrogen) atoms. The van der Waals surface area contributed by atoms with Gasteiger partial charge >= 0.3 is 0 Å². The third kappa shape index (κ3) is 0.764. The average molecular weight is 137 g/mol. The first-order chi connectivity index (χ1) is 4.90. The van der Waals surface area contributed by atoms with Gasteiger partial charge in [0, 0.05) is 26.2 Å². The van der Waals surface area contributed by atoms with Gasteiger partial charge in [-0.1, -0.05) is 0 Å². The highest BCUT2D eigenvalue weighted by molar-refractivity contribution is 4.95. The molecule has 2 rings (SSSR count). The molecule has 0 bridgehead atoms. The van der Waals surface area contributed by atoms with E-state index in [9.17, 15) is 0 Å². The van der Waals surface area contributed by atoms with Crippen molar-refractivity contribution in [2.24, 2.45) is 11.8 Å². The third-order valence-electron chi connectivity index (χ3n) is 2.53. The van der Waals surface area contributed by atoms with Crippen molar-refractivity contribution in [3.63, 3.8) is 0 Å². The van der Waals surface area contributed by atoms with E-state index in [4.69, 9.17) is 5.26 Å². The summed E-state index contributed by atoms with van der Waals surface area (Å²) < 4.78 is 0. The van der Waals surface area contributed by atoms with Crippen molar-refractivity contribution in [1.29, 1.82) is 5.26 Å². The van der Waals surface area contributed by atoms with Gasteiger partial charge in [0.25, 0.3) is 0 Å². The SMILES string of the molecule is N#CN1C[C@H]2CNC[C@H]2C1. The molecule has 2 atom stereocenters. The predicted octanol–water partition coefficient (Wildman–Crippen LogP) is -0.381. The van der Waals surface area contributed by atoms with Crippen LogP contribution in [0.25, 0.3) is 0 Å². The highest BCUT2D eigenvalue weighted by atomic mass is 15.2. The van der Waals surface area contributed by atoms with Gasteiger partial charge in [0.2, 0.25) is 0 Å². The molecule has 0 aliphatic carbocycles. The van der Waals surface area contributed by atoms with Gasteiger partial charge in [0.15, 0.2) is 6.19 Å². The van der Waals surface area contributed by atoms with Crippen LogP contribution in [0.3, 0.4) is 0 Å². The second-order valence-electron chi connectivity index (χ2n) is 3.18. The lowest BCUT2D eigenvalue weighted by Gasteiger charge is -2.06. The van der Waals surface area contributed by atoms with Gasteiger partial charge in [-0.25, -0.2) is 0 Å². The minimum absolute atomic E-state index is 0.750. The van der Waals surface area contributed by atoms with Gasteiger partial charge in [-0.2, -0.15) is 5.26 Å². The summed E-state index contributed by atoms with van der Waals surface area (Å²) in [6.45, 7) is 4.19. The van der Waals surface area contributed by atoms with E-state index in [1.165, 1.54) is 0 Å². The number of nitriles is 1. The molecule has 2 heterocycles. The molecular weight excluding hydrogens is 126 g/mol. The Kier molecular flexibility index (Phi) is 1.28. The first-order valence-electron chi connectivity index (χ1n) is 3.75. The second kappa shape index (κ2) is 2.14. The van der Waals surface area contributed by atoms with Crippen LogP contribution < -0.4 is 5.32 Å².